The van der Waals surface area contributed by atoms with Crippen LogP contribution in [0.25, 0.3) is 5.76 Å². The molecular weight excluding hydrogens is 460 g/mol. The van der Waals surface area contributed by atoms with Crippen LogP contribution in [0, 0.1) is 17.0 Å². The summed E-state index contributed by atoms with van der Waals surface area (Å²) >= 11 is 1.12. The number of carbonyl (C=O) groups is 2. The first kappa shape index (κ1) is 23.1. The number of rotatable bonds is 6. The molecule has 1 amide bonds. The molecule has 4 rings (SSSR count). The van der Waals surface area contributed by atoms with Gasteiger partial charge in [-0.2, -0.15) is 0 Å². The number of ether oxygens (including phenoxy) is 1. The maximum Gasteiger partial charge on any atom is 0.301 e. The highest BCUT2D eigenvalue weighted by Gasteiger charge is 2.48. The van der Waals surface area contributed by atoms with Gasteiger partial charge in [-0.05, 0) is 62.7 Å². The van der Waals surface area contributed by atoms with Crippen LogP contribution in [-0.2, 0) is 9.59 Å². The van der Waals surface area contributed by atoms with Crippen molar-refractivity contribution in [2.24, 2.45) is 0 Å². The van der Waals surface area contributed by atoms with Crippen molar-refractivity contribution in [2.75, 3.05) is 4.90 Å². The topological polar surface area (TPSA) is 136 Å². The lowest BCUT2D eigenvalue weighted by atomic mass is 9.95. The van der Waals surface area contributed by atoms with Gasteiger partial charge in [-0.1, -0.05) is 11.3 Å². The van der Waals surface area contributed by atoms with E-state index in [1.165, 1.54) is 24.3 Å². The van der Waals surface area contributed by atoms with E-state index in [0.717, 1.165) is 16.2 Å². The Bertz CT molecular complexity index is 1300. The zero-order valence-electron chi connectivity index (χ0n) is 18.5. The summed E-state index contributed by atoms with van der Waals surface area (Å²) in [4.78, 5) is 37.8. The number of hydrogen-bond donors (Lipinski definition) is 1. The van der Waals surface area contributed by atoms with Gasteiger partial charge in [-0.15, -0.1) is 10.2 Å². The van der Waals surface area contributed by atoms with Crippen molar-refractivity contribution in [3.8, 4) is 5.75 Å². The number of aromatic nitrogens is 2. The van der Waals surface area contributed by atoms with Gasteiger partial charge in [0.2, 0.25) is 5.13 Å². The Kier molecular flexibility index (Phi) is 6.12. The molecule has 1 atom stereocenters. The van der Waals surface area contributed by atoms with Crippen LogP contribution in [-0.4, -0.2) is 38.0 Å². The van der Waals surface area contributed by atoms with Crippen molar-refractivity contribution in [1.29, 1.82) is 0 Å². The van der Waals surface area contributed by atoms with Crippen LogP contribution >= 0.6 is 11.3 Å². The second kappa shape index (κ2) is 9.02. The van der Waals surface area contributed by atoms with E-state index < -0.39 is 22.7 Å². The molecule has 0 saturated carbocycles. The normalized spacial score (nSPS) is 17.4. The molecule has 174 valence electrons. The molecule has 2 heterocycles. The highest BCUT2D eigenvalue weighted by molar-refractivity contribution is 7.15. The van der Waals surface area contributed by atoms with Crippen LogP contribution in [0.2, 0.25) is 0 Å². The highest BCUT2D eigenvalue weighted by Crippen LogP contribution is 2.43. The number of Topliss-reactive ketones (excluding diaryl/α,β-unsaturated/α-hetero) is 1. The van der Waals surface area contributed by atoms with E-state index in [1.54, 1.807) is 31.2 Å². The lowest BCUT2D eigenvalue weighted by Crippen LogP contribution is -2.29. The molecule has 1 unspecified atom stereocenters. The fraction of sp³-hybridized carbons (Fsp3) is 0.217. The molecule has 1 fully saturated rings. The van der Waals surface area contributed by atoms with Crippen molar-refractivity contribution in [2.45, 2.75) is 32.9 Å². The summed E-state index contributed by atoms with van der Waals surface area (Å²) < 4.78 is 5.61. The zero-order valence-corrected chi connectivity index (χ0v) is 19.3. The number of aliphatic hydroxyl groups excluding tert-OH is 1. The monoisotopic (exact) mass is 480 g/mol. The predicted octanol–water partition coefficient (Wildman–Crippen LogP) is 4.17. The third-order valence-corrected chi connectivity index (χ3v) is 5.92. The molecule has 0 spiro atoms. The van der Waals surface area contributed by atoms with Crippen LogP contribution in [0.15, 0.2) is 54.1 Å². The third kappa shape index (κ3) is 4.25. The molecule has 1 N–H and O–H groups in total. The number of ketones is 1. The minimum Gasteiger partial charge on any atom is -0.507 e. The smallest absolute Gasteiger partial charge is 0.301 e. The van der Waals surface area contributed by atoms with E-state index in [9.17, 15) is 24.8 Å². The van der Waals surface area contributed by atoms with Gasteiger partial charge in [0.05, 0.1) is 22.6 Å². The Morgan fingerprint density at radius 3 is 2.29 bits per heavy atom. The maximum atomic E-state index is 13.1. The van der Waals surface area contributed by atoms with E-state index in [1.807, 2.05) is 13.8 Å². The summed E-state index contributed by atoms with van der Waals surface area (Å²) in [5.41, 5.74) is 0.422. The van der Waals surface area contributed by atoms with Crippen molar-refractivity contribution < 1.29 is 24.4 Å². The first-order valence-corrected chi connectivity index (χ1v) is 11.1. The van der Waals surface area contributed by atoms with Crippen LogP contribution in [0.1, 0.15) is 36.0 Å². The second-order valence-corrected chi connectivity index (χ2v) is 8.97. The van der Waals surface area contributed by atoms with Crippen LogP contribution in [0.4, 0.5) is 10.8 Å². The number of non-ortho nitro benzene ring substituents is 1. The third-order valence-electron chi connectivity index (χ3n) is 5.09. The van der Waals surface area contributed by atoms with Crippen LogP contribution < -0.4 is 9.64 Å². The fourth-order valence-electron chi connectivity index (χ4n) is 3.63. The summed E-state index contributed by atoms with van der Waals surface area (Å²) in [6, 6.07) is 10.9. The Morgan fingerprint density at radius 1 is 1.12 bits per heavy atom. The Morgan fingerprint density at radius 2 is 1.76 bits per heavy atom. The number of hydrogen-bond acceptors (Lipinski definition) is 9. The summed E-state index contributed by atoms with van der Waals surface area (Å²) in [6.07, 6.45) is -0.0396. The molecular formula is C23H20N4O6S. The fourth-order valence-corrected chi connectivity index (χ4v) is 4.34. The van der Waals surface area contributed by atoms with Gasteiger partial charge in [0, 0.05) is 17.7 Å². The van der Waals surface area contributed by atoms with Gasteiger partial charge in [0.1, 0.15) is 16.5 Å². The van der Waals surface area contributed by atoms with E-state index in [-0.39, 0.29) is 28.3 Å². The standard InChI is InChI=1S/C23H20N4O6S/c1-12(2)33-17-10-6-15(7-11-17)20(28)18-19(14-4-8-16(9-5-14)27(31)32)26(22(30)21(18)29)23-25-24-13(3)34-23/h4-12,19,28H,1-3H3/b20-18-. The van der Waals surface area contributed by atoms with Crippen molar-refractivity contribution >= 4 is 39.6 Å². The van der Waals surface area contributed by atoms with Crippen molar-refractivity contribution in [3.05, 3.63) is 80.4 Å². The molecule has 1 aliphatic rings. The number of aryl methyl sites for hydroxylation is 1. The van der Waals surface area contributed by atoms with Gasteiger partial charge in [0.25, 0.3) is 11.5 Å². The number of benzene rings is 2. The molecule has 34 heavy (non-hydrogen) atoms. The number of anilines is 1. The first-order chi connectivity index (χ1) is 16.2. The summed E-state index contributed by atoms with van der Waals surface area (Å²) in [5, 5.41) is 30.9. The van der Waals surface area contributed by atoms with E-state index >= 15 is 0 Å². The average Bonchev–Trinajstić information content (AvgIpc) is 3.34. The molecule has 1 saturated heterocycles. The molecule has 11 heteroatoms. The molecule has 2 aromatic carbocycles. The molecule has 3 aromatic rings. The van der Waals surface area contributed by atoms with Crippen molar-refractivity contribution in [1.82, 2.24) is 10.2 Å². The molecule has 1 aliphatic heterocycles. The zero-order chi connectivity index (χ0) is 24.6. The number of nitro benzene ring substituents is 1. The molecule has 1 aromatic heterocycles. The van der Waals surface area contributed by atoms with E-state index in [4.69, 9.17) is 4.74 Å². The predicted molar refractivity (Wildman–Crippen MR) is 125 cm³/mol. The van der Waals surface area contributed by atoms with Gasteiger partial charge in [0.15, 0.2) is 0 Å². The second-order valence-electron chi connectivity index (χ2n) is 7.81. The Hall–Kier alpha value is -4.12. The van der Waals surface area contributed by atoms with Crippen LogP contribution in [0.5, 0.6) is 5.75 Å². The molecule has 0 radical (unpaired) electrons. The minimum absolute atomic E-state index is 0.0396. The summed E-state index contributed by atoms with van der Waals surface area (Å²) in [7, 11) is 0. The van der Waals surface area contributed by atoms with Gasteiger partial charge in [-0.3, -0.25) is 24.6 Å². The lowest BCUT2D eigenvalue weighted by Gasteiger charge is -2.22. The largest absolute Gasteiger partial charge is 0.507 e. The number of nitrogens with zero attached hydrogens (tertiary/aromatic N) is 4. The van der Waals surface area contributed by atoms with Gasteiger partial charge < -0.3 is 9.84 Å². The summed E-state index contributed by atoms with van der Waals surface area (Å²) in [5.74, 6) is -1.55. The SMILES string of the molecule is Cc1nnc(N2C(=O)C(=O)/C(=C(\O)c3ccc(OC(C)C)cc3)C2c2ccc([N+](=O)[O-])cc2)s1. The molecule has 0 aliphatic carbocycles. The quantitative estimate of drug-likeness (QED) is 0.183. The van der Waals surface area contributed by atoms with Crippen molar-refractivity contribution in [3.63, 3.8) is 0 Å². The van der Waals surface area contributed by atoms with E-state index in [2.05, 4.69) is 10.2 Å². The Balaban J connectivity index is 1.85. The average molecular weight is 481 g/mol. The molecule has 0 bridgehead atoms. The summed E-state index contributed by atoms with van der Waals surface area (Å²) in [6.45, 7) is 5.48. The van der Waals surface area contributed by atoms with E-state index in [0.29, 0.717) is 21.9 Å². The van der Waals surface area contributed by atoms with Crippen LogP contribution in [0.3, 0.4) is 0 Å². The number of amides is 1. The number of aliphatic hydroxyl groups is 1. The lowest BCUT2D eigenvalue weighted by molar-refractivity contribution is -0.384. The van der Waals surface area contributed by atoms with Gasteiger partial charge in [-0.25, -0.2) is 0 Å². The minimum atomic E-state index is -1.04. The van der Waals surface area contributed by atoms with Gasteiger partial charge >= 0.3 is 5.91 Å². The Labute approximate surface area is 198 Å². The number of carbonyl (C=O) groups excluding carboxylic acids is 2. The number of nitro groups is 1. The molecule has 10 nitrogen and oxygen atoms in total. The maximum absolute atomic E-state index is 13.1. The first-order valence-electron chi connectivity index (χ1n) is 10.3. The highest BCUT2D eigenvalue weighted by atomic mass is 32.1.